The number of rotatable bonds is 6. The van der Waals surface area contributed by atoms with Crippen molar-refractivity contribution < 1.29 is 0 Å². The van der Waals surface area contributed by atoms with Crippen LogP contribution in [0, 0.1) is 0 Å². The van der Waals surface area contributed by atoms with Gasteiger partial charge in [-0.25, -0.2) is 0 Å². The van der Waals surface area contributed by atoms with Crippen molar-refractivity contribution in [3.8, 4) is 11.3 Å². The zero-order valence-corrected chi connectivity index (χ0v) is 11.8. The summed E-state index contributed by atoms with van der Waals surface area (Å²) in [6.07, 6.45) is 5.31. The predicted octanol–water partition coefficient (Wildman–Crippen LogP) is 4.52. The number of aryl methyl sites for hydroxylation is 1. The highest BCUT2D eigenvalue weighted by Gasteiger charge is 2.02. The zero-order chi connectivity index (χ0) is 13.5. The van der Waals surface area contributed by atoms with E-state index in [-0.39, 0.29) is 0 Å². The summed E-state index contributed by atoms with van der Waals surface area (Å²) in [5.41, 5.74) is 4.77. The Kier molecular flexibility index (Phi) is 4.96. The maximum absolute atomic E-state index is 4.48. The molecule has 0 aliphatic heterocycles. The van der Waals surface area contributed by atoms with E-state index in [4.69, 9.17) is 0 Å². The number of hydrogen-bond donors (Lipinski definition) is 1. The van der Waals surface area contributed by atoms with Gasteiger partial charge in [0.25, 0.3) is 0 Å². The highest BCUT2D eigenvalue weighted by molar-refractivity contribution is 5.64. The van der Waals surface area contributed by atoms with Crippen LogP contribution in [0.1, 0.15) is 32.3 Å². The van der Waals surface area contributed by atoms with E-state index in [2.05, 4.69) is 54.5 Å². The average Bonchev–Trinajstić information content (AvgIpc) is 2.46. The van der Waals surface area contributed by atoms with Crippen LogP contribution in [0.5, 0.6) is 0 Å². The topological polar surface area (TPSA) is 24.9 Å². The van der Waals surface area contributed by atoms with E-state index >= 15 is 0 Å². The number of nitrogens with zero attached hydrogens (tertiary/aromatic N) is 1. The number of pyridine rings is 1. The average molecular weight is 254 g/mol. The second kappa shape index (κ2) is 6.93. The molecule has 1 aromatic heterocycles. The standard InChI is InChI=1S/C17H22N2/c1-3-6-14-7-5-8-15(12-14)17-13-16(9-11-19-17)18-10-4-2/h5,7-9,11-13H,3-4,6,10H2,1-2H3,(H,18,19). The fourth-order valence-corrected chi connectivity index (χ4v) is 2.14. The summed E-state index contributed by atoms with van der Waals surface area (Å²) in [5, 5.41) is 3.40. The van der Waals surface area contributed by atoms with Gasteiger partial charge in [0.05, 0.1) is 5.69 Å². The quantitative estimate of drug-likeness (QED) is 0.819. The molecule has 2 nitrogen and oxygen atoms in total. The minimum Gasteiger partial charge on any atom is -0.385 e. The molecule has 0 spiro atoms. The number of aromatic nitrogens is 1. The first-order valence-corrected chi connectivity index (χ1v) is 7.12. The van der Waals surface area contributed by atoms with Gasteiger partial charge in [-0.2, -0.15) is 0 Å². The van der Waals surface area contributed by atoms with Crippen molar-refractivity contribution in [2.24, 2.45) is 0 Å². The summed E-state index contributed by atoms with van der Waals surface area (Å²) in [5.74, 6) is 0. The monoisotopic (exact) mass is 254 g/mol. The van der Waals surface area contributed by atoms with Crippen LogP contribution in [0.25, 0.3) is 11.3 Å². The third kappa shape index (κ3) is 3.82. The highest BCUT2D eigenvalue weighted by atomic mass is 14.9. The Morgan fingerprint density at radius 3 is 2.74 bits per heavy atom. The lowest BCUT2D eigenvalue weighted by molar-refractivity contribution is 0.922. The molecule has 2 aromatic rings. The Balaban J connectivity index is 2.23. The lowest BCUT2D eigenvalue weighted by Gasteiger charge is -2.08. The van der Waals surface area contributed by atoms with E-state index < -0.39 is 0 Å². The van der Waals surface area contributed by atoms with Gasteiger partial charge in [-0.1, -0.05) is 38.5 Å². The van der Waals surface area contributed by atoms with Gasteiger partial charge in [-0.3, -0.25) is 4.98 Å². The van der Waals surface area contributed by atoms with Crippen LogP contribution in [0.4, 0.5) is 5.69 Å². The first kappa shape index (κ1) is 13.6. The van der Waals surface area contributed by atoms with Gasteiger partial charge in [0.2, 0.25) is 0 Å². The zero-order valence-electron chi connectivity index (χ0n) is 11.8. The second-order valence-corrected chi connectivity index (χ2v) is 4.81. The molecule has 0 aliphatic carbocycles. The molecule has 1 heterocycles. The Hall–Kier alpha value is -1.83. The van der Waals surface area contributed by atoms with Crippen LogP contribution < -0.4 is 5.32 Å². The lowest BCUT2D eigenvalue weighted by Crippen LogP contribution is -2.00. The summed E-state index contributed by atoms with van der Waals surface area (Å²) in [6, 6.07) is 12.8. The van der Waals surface area contributed by atoms with Crippen molar-refractivity contribution in [1.29, 1.82) is 0 Å². The van der Waals surface area contributed by atoms with Crippen LogP contribution in [-0.2, 0) is 6.42 Å². The minimum atomic E-state index is 0.999. The molecule has 0 saturated heterocycles. The third-order valence-corrected chi connectivity index (χ3v) is 3.10. The van der Waals surface area contributed by atoms with Crippen molar-refractivity contribution in [3.05, 3.63) is 48.2 Å². The minimum absolute atomic E-state index is 0.999. The first-order valence-electron chi connectivity index (χ1n) is 7.12. The normalized spacial score (nSPS) is 10.4. The van der Waals surface area contributed by atoms with Crippen LogP contribution in [0.2, 0.25) is 0 Å². The highest BCUT2D eigenvalue weighted by Crippen LogP contribution is 2.21. The molecule has 1 aromatic carbocycles. The van der Waals surface area contributed by atoms with E-state index in [9.17, 15) is 0 Å². The summed E-state index contributed by atoms with van der Waals surface area (Å²) < 4.78 is 0. The molecule has 0 fully saturated rings. The summed E-state index contributed by atoms with van der Waals surface area (Å²) in [7, 11) is 0. The van der Waals surface area contributed by atoms with Crippen LogP contribution >= 0.6 is 0 Å². The SMILES string of the molecule is CCCNc1ccnc(-c2cccc(CCC)c2)c1. The molecule has 0 saturated carbocycles. The van der Waals surface area contributed by atoms with Crippen molar-refractivity contribution in [3.63, 3.8) is 0 Å². The smallest absolute Gasteiger partial charge is 0.0722 e. The van der Waals surface area contributed by atoms with E-state index in [1.54, 1.807) is 0 Å². The molecular weight excluding hydrogens is 232 g/mol. The van der Waals surface area contributed by atoms with E-state index in [0.29, 0.717) is 0 Å². The Morgan fingerprint density at radius 2 is 1.95 bits per heavy atom. The van der Waals surface area contributed by atoms with E-state index in [1.165, 1.54) is 17.5 Å². The van der Waals surface area contributed by atoms with Crippen molar-refractivity contribution in [2.75, 3.05) is 11.9 Å². The van der Waals surface area contributed by atoms with Gasteiger partial charge in [0, 0.05) is 24.0 Å². The molecule has 0 radical (unpaired) electrons. The summed E-state index contributed by atoms with van der Waals surface area (Å²) in [6.45, 7) is 5.38. The second-order valence-electron chi connectivity index (χ2n) is 4.81. The van der Waals surface area contributed by atoms with Gasteiger partial charge >= 0.3 is 0 Å². The van der Waals surface area contributed by atoms with Gasteiger partial charge in [0.1, 0.15) is 0 Å². The third-order valence-electron chi connectivity index (χ3n) is 3.10. The van der Waals surface area contributed by atoms with Gasteiger partial charge in [0.15, 0.2) is 0 Å². The molecule has 1 N–H and O–H groups in total. The fourth-order valence-electron chi connectivity index (χ4n) is 2.14. The maximum atomic E-state index is 4.48. The maximum Gasteiger partial charge on any atom is 0.0722 e. The number of anilines is 1. The van der Waals surface area contributed by atoms with Crippen molar-refractivity contribution >= 4 is 5.69 Å². The Bertz CT molecular complexity index is 520. The predicted molar refractivity (Wildman–Crippen MR) is 82.4 cm³/mol. The summed E-state index contributed by atoms with van der Waals surface area (Å²) in [4.78, 5) is 4.48. The summed E-state index contributed by atoms with van der Waals surface area (Å²) >= 11 is 0. The van der Waals surface area contributed by atoms with Crippen LogP contribution in [-0.4, -0.2) is 11.5 Å². The van der Waals surface area contributed by atoms with E-state index in [0.717, 1.165) is 30.8 Å². The van der Waals surface area contributed by atoms with E-state index in [1.807, 2.05) is 12.3 Å². The molecular formula is C17H22N2. The first-order chi connectivity index (χ1) is 9.33. The number of benzene rings is 1. The van der Waals surface area contributed by atoms with Gasteiger partial charge in [-0.05, 0) is 36.6 Å². The molecule has 100 valence electrons. The molecule has 2 heteroatoms. The van der Waals surface area contributed by atoms with Crippen LogP contribution in [0.3, 0.4) is 0 Å². The Labute approximate surface area is 115 Å². The number of hydrogen-bond acceptors (Lipinski definition) is 2. The largest absolute Gasteiger partial charge is 0.385 e. The van der Waals surface area contributed by atoms with Gasteiger partial charge < -0.3 is 5.32 Å². The fraction of sp³-hybridized carbons (Fsp3) is 0.353. The molecule has 2 rings (SSSR count). The molecule has 0 amide bonds. The number of nitrogens with one attached hydrogen (secondary N) is 1. The molecule has 0 bridgehead atoms. The van der Waals surface area contributed by atoms with Gasteiger partial charge in [-0.15, -0.1) is 0 Å². The molecule has 0 atom stereocenters. The molecule has 19 heavy (non-hydrogen) atoms. The van der Waals surface area contributed by atoms with Crippen LogP contribution in [0.15, 0.2) is 42.6 Å². The lowest BCUT2D eigenvalue weighted by atomic mass is 10.0. The molecule has 0 aliphatic rings. The van der Waals surface area contributed by atoms with Crippen molar-refractivity contribution in [2.45, 2.75) is 33.1 Å². The molecule has 0 unspecified atom stereocenters. The van der Waals surface area contributed by atoms with Crippen molar-refractivity contribution in [1.82, 2.24) is 4.98 Å². The Morgan fingerprint density at radius 1 is 1.05 bits per heavy atom.